The highest BCUT2D eigenvalue weighted by Gasteiger charge is 2.29. The van der Waals surface area contributed by atoms with E-state index in [1.165, 1.54) is 19.2 Å². The molecule has 0 aliphatic rings. The highest BCUT2D eigenvalue weighted by molar-refractivity contribution is 5.85. The van der Waals surface area contributed by atoms with E-state index in [0.717, 1.165) is 0 Å². The van der Waals surface area contributed by atoms with Gasteiger partial charge in [-0.25, -0.2) is 0 Å². The number of aromatic hydroxyl groups is 1. The lowest BCUT2D eigenvalue weighted by molar-refractivity contribution is -0.146. The van der Waals surface area contributed by atoms with Crippen LogP contribution >= 0.6 is 12.4 Å². The Morgan fingerprint density at radius 1 is 1.53 bits per heavy atom. The van der Waals surface area contributed by atoms with Crippen LogP contribution in [0.3, 0.4) is 0 Å². The Morgan fingerprint density at radius 2 is 2.11 bits per heavy atom. The van der Waals surface area contributed by atoms with E-state index in [2.05, 4.69) is 4.74 Å². The van der Waals surface area contributed by atoms with Gasteiger partial charge < -0.3 is 21.1 Å². The molecule has 7 heteroatoms. The number of phenols is 1. The van der Waals surface area contributed by atoms with Gasteiger partial charge in [0.15, 0.2) is 6.29 Å². The Kier molecular flexibility index (Phi) is 8.01. The summed E-state index contributed by atoms with van der Waals surface area (Å²) in [4.78, 5) is 22.0. The predicted octanol–water partition coefficient (Wildman–Crippen LogP) is 0.235. The van der Waals surface area contributed by atoms with E-state index < -0.39 is 11.5 Å². The summed E-state index contributed by atoms with van der Waals surface area (Å²) in [5.74, 6) is -0.626. The minimum atomic E-state index is -1.16. The van der Waals surface area contributed by atoms with Crippen molar-refractivity contribution in [2.24, 2.45) is 5.73 Å². The Balaban J connectivity index is 0. The first kappa shape index (κ1) is 19.7. The second kappa shape index (κ2) is 7.73. The number of phenolic OH excluding ortho intramolecular Hbond substituents is 1. The molecule has 5 N–H and O–H groups in total. The van der Waals surface area contributed by atoms with Gasteiger partial charge in [0.2, 0.25) is 0 Å². The first-order chi connectivity index (χ1) is 7.90. The largest absolute Gasteiger partial charge is 0.507 e. The van der Waals surface area contributed by atoms with Gasteiger partial charge in [-0.3, -0.25) is 9.59 Å². The molecule has 0 radical (unpaired) electrons. The SMILES string of the molecule is COC(=O)[C@](C)(N)Cc1ccc(O)c(C=O)c1.Cl.O. The summed E-state index contributed by atoms with van der Waals surface area (Å²) >= 11 is 0. The van der Waals surface area contributed by atoms with Crippen molar-refractivity contribution in [2.75, 3.05) is 7.11 Å². The molecule has 6 nitrogen and oxygen atoms in total. The summed E-state index contributed by atoms with van der Waals surface area (Å²) in [7, 11) is 1.26. The molecule has 0 aliphatic heterocycles. The lowest BCUT2D eigenvalue weighted by Gasteiger charge is -2.21. The van der Waals surface area contributed by atoms with Crippen LogP contribution in [0, 0.1) is 0 Å². The number of esters is 1. The summed E-state index contributed by atoms with van der Waals surface area (Å²) in [6.45, 7) is 1.55. The van der Waals surface area contributed by atoms with E-state index in [-0.39, 0.29) is 35.6 Å². The van der Waals surface area contributed by atoms with Crippen molar-refractivity contribution in [3.8, 4) is 5.75 Å². The molecule has 0 aliphatic carbocycles. The molecule has 0 aromatic heterocycles. The average Bonchev–Trinajstić information content (AvgIpc) is 2.30. The fraction of sp³-hybridized carbons (Fsp3) is 0.333. The number of ether oxygens (including phenoxy) is 1. The van der Waals surface area contributed by atoms with Crippen LogP contribution in [0.15, 0.2) is 18.2 Å². The van der Waals surface area contributed by atoms with Crippen LogP contribution in [-0.2, 0) is 16.0 Å². The Labute approximate surface area is 117 Å². The van der Waals surface area contributed by atoms with Crippen LogP contribution in [0.1, 0.15) is 22.8 Å². The van der Waals surface area contributed by atoms with E-state index in [4.69, 9.17) is 5.73 Å². The van der Waals surface area contributed by atoms with Crippen LogP contribution in [0.4, 0.5) is 0 Å². The summed E-state index contributed by atoms with van der Waals surface area (Å²) in [5, 5.41) is 9.33. The third kappa shape index (κ3) is 4.86. The number of benzene rings is 1. The molecule has 0 fully saturated rings. The Morgan fingerprint density at radius 3 is 2.58 bits per heavy atom. The molecule has 0 amide bonds. The predicted molar refractivity (Wildman–Crippen MR) is 72.7 cm³/mol. The molecule has 108 valence electrons. The van der Waals surface area contributed by atoms with Crippen LogP contribution in [0.2, 0.25) is 0 Å². The first-order valence-corrected chi connectivity index (χ1v) is 5.05. The number of aldehydes is 1. The molecule has 1 aromatic carbocycles. The zero-order valence-electron chi connectivity index (χ0n) is 10.7. The van der Waals surface area contributed by atoms with Crippen molar-refractivity contribution in [1.29, 1.82) is 0 Å². The van der Waals surface area contributed by atoms with Gasteiger partial charge in [-0.05, 0) is 24.6 Å². The van der Waals surface area contributed by atoms with E-state index in [0.29, 0.717) is 11.8 Å². The van der Waals surface area contributed by atoms with Crippen LogP contribution in [-0.4, -0.2) is 35.5 Å². The highest BCUT2D eigenvalue weighted by atomic mass is 35.5. The van der Waals surface area contributed by atoms with Gasteiger partial charge >= 0.3 is 5.97 Å². The number of carbonyl (C=O) groups is 2. The summed E-state index contributed by atoms with van der Waals surface area (Å²) < 4.78 is 4.58. The summed E-state index contributed by atoms with van der Waals surface area (Å²) in [5.41, 5.74) is 5.50. The normalized spacial score (nSPS) is 12.4. The lowest BCUT2D eigenvalue weighted by atomic mass is 9.93. The van der Waals surface area contributed by atoms with E-state index >= 15 is 0 Å². The molecule has 0 saturated heterocycles. The van der Waals surface area contributed by atoms with Gasteiger partial charge in [0.25, 0.3) is 0 Å². The maximum Gasteiger partial charge on any atom is 0.325 e. The van der Waals surface area contributed by atoms with Crippen LogP contribution in [0.5, 0.6) is 5.75 Å². The van der Waals surface area contributed by atoms with Gasteiger partial charge in [-0.15, -0.1) is 12.4 Å². The standard InChI is InChI=1S/C12H15NO4.ClH.H2O/c1-12(13,11(16)17-2)6-8-3-4-10(15)9(5-8)7-14;;/h3-5,7,15H,6,13H2,1-2H3;1H;1H2/t12-;;/m1../s1. The van der Waals surface area contributed by atoms with E-state index in [9.17, 15) is 14.7 Å². The molecule has 0 spiro atoms. The molecule has 1 rings (SSSR count). The molecule has 1 aromatic rings. The highest BCUT2D eigenvalue weighted by Crippen LogP contribution is 2.19. The molecule has 0 bridgehead atoms. The second-order valence-corrected chi connectivity index (χ2v) is 4.10. The van der Waals surface area contributed by atoms with Crippen molar-refractivity contribution < 1.29 is 24.9 Å². The van der Waals surface area contributed by atoms with Crippen molar-refractivity contribution in [2.45, 2.75) is 18.9 Å². The summed E-state index contributed by atoms with van der Waals surface area (Å²) in [6.07, 6.45) is 0.769. The van der Waals surface area contributed by atoms with Crippen LogP contribution in [0.25, 0.3) is 0 Å². The van der Waals surface area contributed by atoms with Crippen molar-refractivity contribution in [1.82, 2.24) is 0 Å². The van der Waals surface area contributed by atoms with Crippen molar-refractivity contribution >= 4 is 24.7 Å². The quantitative estimate of drug-likeness (QED) is 0.608. The number of nitrogens with two attached hydrogens (primary N) is 1. The molecule has 19 heavy (non-hydrogen) atoms. The Bertz CT molecular complexity index is 448. The summed E-state index contributed by atoms with van der Waals surface area (Å²) in [6, 6.07) is 4.50. The number of halogens is 1. The number of hydrogen-bond acceptors (Lipinski definition) is 5. The maximum atomic E-state index is 11.4. The van der Waals surface area contributed by atoms with E-state index in [1.54, 1.807) is 13.0 Å². The topological polar surface area (TPSA) is 121 Å². The minimum Gasteiger partial charge on any atom is -0.507 e. The molecular weight excluding hydrogens is 274 g/mol. The number of rotatable bonds is 4. The maximum absolute atomic E-state index is 11.4. The van der Waals surface area contributed by atoms with Crippen molar-refractivity contribution in [3.05, 3.63) is 29.3 Å². The zero-order valence-corrected chi connectivity index (χ0v) is 11.5. The van der Waals surface area contributed by atoms with Gasteiger partial charge in [-0.2, -0.15) is 0 Å². The van der Waals surface area contributed by atoms with Gasteiger partial charge in [0.05, 0.1) is 12.7 Å². The monoisotopic (exact) mass is 291 g/mol. The number of hydrogen-bond donors (Lipinski definition) is 2. The molecule has 0 unspecified atom stereocenters. The number of carbonyl (C=O) groups excluding carboxylic acids is 2. The average molecular weight is 292 g/mol. The Hall–Kier alpha value is -1.63. The van der Waals surface area contributed by atoms with Gasteiger partial charge in [0, 0.05) is 6.42 Å². The second-order valence-electron chi connectivity index (χ2n) is 4.10. The first-order valence-electron chi connectivity index (χ1n) is 5.05. The van der Waals surface area contributed by atoms with Crippen LogP contribution < -0.4 is 5.73 Å². The molecule has 1 atom stereocenters. The zero-order chi connectivity index (χ0) is 13.1. The minimum absolute atomic E-state index is 0. The fourth-order valence-electron chi connectivity index (χ4n) is 1.54. The van der Waals surface area contributed by atoms with E-state index in [1.807, 2.05) is 0 Å². The van der Waals surface area contributed by atoms with Crippen molar-refractivity contribution in [3.63, 3.8) is 0 Å². The molecular formula is C12H18ClNO5. The van der Waals surface area contributed by atoms with Gasteiger partial charge in [0.1, 0.15) is 11.3 Å². The lowest BCUT2D eigenvalue weighted by Crippen LogP contribution is -2.47. The molecule has 0 saturated carbocycles. The smallest absolute Gasteiger partial charge is 0.325 e. The third-order valence-corrected chi connectivity index (χ3v) is 2.44. The molecule has 0 heterocycles. The number of methoxy groups -OCH3 is 1. The van der Waals surface area contributed by atoms with Gasteiger partial charge in [-0.1, -0.05) is 6.07 Å². The third-order valence-electron chi connectivity index (χ3n) is 2.44. The fourth-order valence-corrected chi connectivity index (χ4v) is 1.54.